The number of hydrazine groups is 2. The largest absolute Gasteiger partial charge is 0.383 e. The van der Waals surface area contributed by atoms with Crippen LogP contribution in [0.25, 0.3) is 10.9 Å². The summed E-state index contributed by atoms with van der Waals surface area (Å²) in [6.45, 7) is 8.88. The average molecular weight is 559 g/mol. The fourth-order valence-electron chi connectivity index (χ4n) is 4.96. The summed E-state index contributed by atoms with van der Waals surface area (Å²) >= 11 is 6.76. The van der Waals surface area contributed by atoms with E-state index in [0.29, 0.717) is 34.0 Å². The van der Waals surface area contributed by atoms with Crippen LogP contribution < -0.4 is 21.6 Å². The van der Waals surface area contributed by atoms with Gasteiger partial charge in [0.2, 0.25) is 5.95 Å². The molecule has 0 amide bonds. The maximum absolute atomic E-state index is 14.0. The predicted octanol–water partition coefficient (Wildman–Crippen LogP) is 5.94. The topological polar surface area (TPSA) is 101 Å². The Hall–Kier alpha value is -4.05. The predicted molar refractivity (Wildman–Crippen MR) is 156 cm³/mol. The van der Waals surface area contributed by atoms with Gasteiger partial charge in [-0.05, 0) is 49.8 Å². The first-order valence-electron chi connectivity index (χ1n) is 13.2. The Bertz CT molecular complexity index is 1580. The molecule has 0 radical (unpaired) electrons. The molecule has 0 bridgehead atoms. The number of anilines is 2. The Morgan fingerprint density at radius 2 is 2.08 bits per heavy atom. The molecule has 1 atom stereocenters. The Morgan fingerprint density at radius 3 is 2.70 bits per heavy atom. The smallest absolute Gasteiger partial charge is 0.213 e. The van der Waals surface area contributed by atoms with E-state index in [9.17, 15) is 9.65 Å². The number of aryl methyl sites for hydroxylation is 1. The Balaban J connectivity index is 1.58. The number of fused-ring (bicyclic) bond motifs is 1. The van der Waals surface area contributed by atoms with E-state index in [4.69, 9.17) is 18.0 Å². The van der Waals surface area contributed by atoms with Crippen LogP contribution >= 0.6 is 11.6 Å². The normalized spacial score (nSPS) is 16.8. The minimum atomic E-state index is -0.605. The van der Waals surface area contributed by atoms with E-state index in [1.54, 1.807) is 19.2 Å². The average Bonchev–Trinajstić information content (AvgIpc) is 3.35. The van der Waals surface area contributed by atoms with Gasteiger partial charge in [-0.15, -0.1) is 12.0 Å². The van der Waals surface area contributed by atoms with Gasteiger partial charge in [-0.1, -0.05) is 44.4 Å². The second kappa shape index (κ2) is 10.5. The maximum atomic E-state index is 14.0. The molecule has 40 heavy (non-hydrogen) atoms. The lowest BCUT2D eigenvalue weighted by molar-refractivity contribution is 0.0668. The van der Waals surface area contributed by atoms with Crippen molar-refractivity contribution in [3.63, 3.8) is 0 Å². The number of pyridine rings is 2. The molecule has 4 N–H and O–H groups in total. The number of terminal acetylenes is 1. The Morgan fingerprint density at radius 1 is 1.30 bits per heavy atom. The number of nitrogens with one attached hydrogen (secondary N) is 4. The summed E-state index contributed by atoms with van der Waals surface area (Å²) in [5, 5.41) is 20.0. The number of rotatable bonds is 7. The third-order valence-electron chi connectivity index (χ3n) is 7.34. The highest BCUT2D eigenvalue weighted by molar-refractivity contribution is 6.35. The van der Waals surface area contributed by atoms with Gasteiger partial charge >= 0.3 is 0 Å². The molecule has 0 unspecified atom stereocenters. The van der Waals surface area contributed by atoms with Crippen LogP contribution in [0.1, 0.15) is 62.9 Å². The molecular weight excluding hydrogens is 527 g/mol. The van der Waals surface area contributed by atoms with Crippen molar-refractivity contribution in [2.75, 3.05) is 17.2 Å². The van der Waals surface area contributed by atoms with E-state index in [-0.39, 0.29) is 5.41 Å². The second-order valence-electron chi connectivity index (χ2n) is 11.5. The van der Waals surface area contributed by atoms with E-state index >= 15 is 0 Å². The maximum Gasteiger partial charge on any atom is 0.213 e. The molecular formula is C30H32ClFN8. The van der Waals surface area contributed by atoms with Crippen LogP contribution in [0.15, 0.2) is 42.4 Å². The van der Waals surface area contributed by atoms with E-state index < -0.39 is 17.5 Å². The van der Waals surface area contributed by atoms with Gasteiger partial charge < -0.3 is 16.1 Å². The van der Waals surface area contributed by atoms with Crippen molar-refractivity contribution in [3.05, 3.63) is 70.2 Å². The number of hydrogen-bond donors (Lipinski definition) is 4. The summed E-state index contributed by atoms with van der Waals surface area (Å²) in [7, 11) is 0. The molecule has 3 aromatic rings. The number of nitrogens with zero attached hydrogens (tertiary/aromatic N) is 4. The standard InChI is InChI=1S/C30H32ClFN8/c1-6-19-14-34-27-22(26(19)35-17-29(3,4)5)12-20(13-23(27)31)37-28(21-8-9-25(32)36-18(21)2)24-15-40(39-38-24)30(16-33)10-7-11-30/h1,8-9,12-15,28,37-39H,7,10-11,17H2,2-5H3,(H,34,35)/t28-/m0/s1. The molecule has 1 aliphatic heterocycles. The summed E-state index contributed by atoms with van der Waals surface area (Å²) in [5.74, 6) is 2.18. The van der Waals surface area contributed by atoms with E-state index in [0.717, 1.165) is 41.6 Å². The Labute approximate surface area is 239 Å². The van der Waals surface area contributed by atoms with Crippen molar-refractivity contribution < 1.29 is 4.39 Å². The number of benzene rings is 1. The monoisotopic (exact) mass is 558 g/mol. The van der Waals surface area contributed by atoms with E-state index in [2.05, 4.69) is 64.3 Å². The Kier molecular flexibility index (Phi) is 7.22. The van der Waals surface area contributed by atoms with E-state index in [1.165, 1.54) is 6.07 Å². The molecule has 206 valence electrons. The van der Waals surface area contributed by atoms with Crippen molar-refractivity contribution >= 4 is 33.9 Å². The fourth-order valence-corrected chi connectivity index (χ4v) is 5.22. The quantitative estimate of drug-likeness (QED) is 0.209. The molecule has 10 heteroatoms. The van der Waals surface area contributed by atoms with E-state index in [1.807, 2.05) is 23.3 Å². The van der Waals surface area contributed by atoms with Gasteiger partial charge in [-0.2, -0.15) is 9.65 Å². The molecule has 5 rings (SSSR count). The molecule has 3 heterocycles. The van der Waals surface area contributed by atoms with Gasteiger partial charge in [-0.25, -0.2) is 4.98 Å². The minimum Gasteiger partial charge on any atom is -0.383 e. The van der Waals surface area contributed by atoms with Gasteiger partial charge in [0.05, 0.1) is 39.6 Å². The zero-order valence-corrected chi connectivity index (χ0v) is 23.7. The van der Waals surface area contributed by atoms with Gasteiger partial charge in [0.15, 0.2) is 0 Å². The highest BCUT2D eigenvalue weighted by Crippen LogP contribution is 2.40. The van der Waals surface area contributed by atoms with Gasteiger partial charge in [0, 0.05) is 41.3 Å². The SMILES string of the molecule is C#Cc1cnc2c(Cl)cc(N[C@H](C3=CN(C4(C#N)CCC4)NN3)c3ccc(F)nc3C)cc2c1NCC(C)(C)C. The molecule has 1 fully saturated rings. The minimum absolute atomic E-state index is 0.0139. The number of hydrogen-bond acceptors (Lipinski definition) is 8. The lowest BCUT2D eigenvalue weighted by atomic mass is 9.77. The molecule has 8 nitrogen and oxygen atoms in total. The molecule has 2 aromatic heterocycles. The van der Waals surface area contributed by atoms with Crippen LogP contribution in [0.5, 0.6) is 0 Å². The molecule has 2 aliphatic rings. The summed E-state index contributed by atoms with van der Waals surface area (Å²) in [6, 6.07) is 8.79. The summed E-state index contributed by atoms with van der Waals surface area (Å²) in [5.41, 5.74) is 10.6. The number of halogens is 2. The van der Waals surface area contributed by atoms with Crippen LogP contribution in [0.2, 0.25) is 5.02 Å². The van der Waals surface area contributed by atoms with Crippen LogP contribution in [-0.2, 0) is 0 Å². The first-order valence-corrected chi connectivity index (χ1v) is 13.6. The molecule has 0 saturated heterocycles. The molecule has 1 aliphatic carbocycles. The molecule has 1 aromatic carbocycles. The zero-order chi connectivity index (χ0) is 28.7. The van der Waals surface area contributed by atoms with Gasteiger partial charge in [0.1, 0.15) is 5.54 Å². The van der Waals surface area contributed by atoms with Crippen LogP contribution in [0.3, 0.4) is 0 Å². The van der Waals surface area contributed by atoms with Crippen LogP contribution in [-0.4, -0.2) is 27.1 Å². The van der Waals surface area contributed by atoms with Crippen LogP contribution in [0.4, 0.5) is 15.8 Å². The number of nitriles is 1. The van der Waals surface area contributed by atoms with Crippen molar-refractivity contribution in [3.8, 4) is 18.4 Å². The third-order valence-corrected chi connectivity index (χ3v) is 7.63. The van der Waals surface area contributed by atoms with Crippen molar-refractivity contribution in [2.24, 2.45) is 5.41 Å². The van der Waals surface area contributed by atoms with Crippen molar-refractivity contribution in [1.82, 2.24) is 25.9 Å². The number of aromatic nitrogens is 2. The lowest BCUT2D eigenvalue weighted by Gasteiger charge is -2.41. The van der Waals surface area contributed by atoms with Crippen LogP contribution in [0, 0.1) is 42.0 Å². The lowest BCUT2D eigenvalue weighted by Crippen LogP contribution is -2.56. The highest BCUT2D eigenvalue weighted by atomic mass is 35.5. The van der Waals surface area contributed by atoms with Crippen molar-refractivity contribution in [1.29, 1.82) is 5.26 Å². The summed E-state index contributed by atoms with van der Waals surface area (Å²) in [6.07, 6.45) is 11.9. The van der Waals surface area contributed by atoms with Gasteiger partial charge in [-0.3, -0.25) is 9.99 Å². The molecule has 1 saturated carbocycles. The molecule has 0 spiro atoms. The van der Waals surface area contributed by atoms with Gasteiger partial charge in [0.25, 0.3) is 0 Å². The summed E-state index contributed by atoms with van der Waals surface area (Å²) < 4.78 is 14.0. The first-order chi connectivity index (χ1) is 19.0. The van der Waals surface area contributed by atoms with Crippen molar-refractivity contribution in [2.45, 2.75) is 58.5 Å². The highest BCUT2D eigenvalue weighted by Gasteiger charge is 2.44. The third kappa shape index (κ3) is 5.23. The summed E-state index contributed by atoms with van der Waals surface area (Å²) in [4.78, 5) is 8.59. The zero-order valence-electron chi connectivity index (χ0n) is 23.0. The fraction of sp³-hybridized carbons (Fsp3) is 0.367. The second-order valence-corrected chi connectivity index (χ2v) is 11.9. The first kappa shape index (κ1) is 27.5.